The van der Waals surface area contributed by atoms with E-state index in [9.17, 15) is 0 Å². The lowest BCUT2D eigenvalue weighted by Crippen LogP contribution is -1.88. The zero-order valence-electron chi connectivity index (χ0n) is 14.6. The molecule has 0 saturated carbocycles. The standard InChI is InChI=1S/C25H18O/c1-26-18-9-6-8-17(16-18)19-14-7-15-24-22-11-3-2-10-20(22)21-12-4-5-13-23(21)25(19)24/h2-16H,1H3. The molecule has 124 valence electrons. The van der Waals surface area contributed by atoms with E-state index in [-0.39, 0.29) is 0 Å². The molecule has 0 heterocycles. The van der Waals surface area contributed by atoms with Crippen LogP contribution in [0.2, 0.25) is 0 Å². The van der Waals surface area contributed by atoms with E-state index < -0.39 is 0 Å². The lowest BCUT2D eigenvalue weighted by Gasteiger charge is -2.14. The van der Waals surface area contributed by atoms with Gasteiger partial charge in [-0.3, -0.25) is 0 Å². The second-order valence-corrected chi connectivity index (χ2v) is 6.55. The van der Waals surface area contributed by atoms with Gasteiger partial charge in [0.1, 0.15) is 5.75 Å². The summed E-state index contributed by atoms with van der Waals surface area (Å²) in [5.41, 5.74) is 2.42. The van der Waals surface area contributed by atoms with Gasteiger partial charge in [0.25, 0.3) is 0 Å². The van der Waals surface area contributed by atoms with Crippen LogP contribution in [-0.2, 0) is 0 Å². The van der Waals surface area contributed by atoms with Crippen molar-refractivity contribution in [3.8, 4) is 16.9 Å². The van der Waals surface area contributed by atoms with Gasteiger partial charge in [0, 0.05) is 0 Å². The third-order valence-electron chi connectivity index (χ3n) is 5.15. The van der Waals surface area contributed by atoms with Gasteiger partial charge in [-0.2, -0.15) is 0 Å². The minimum Gasteiger partial charge on any atom is -0.497 e. The average molecular weight is 334 g/mol. The predicted octanol–water partition coefficient (Wildman–Crippen LogP) is 6.82. The zero-order valence-corrected chi connectivity index (χ0v) is 14.6. The van der Waals surface area contributed by atoms with Crippen LogP contribution >= 0.6 is 0 Å². The Labute approximate surface area is 152 Å². The Bertz CT molecular complexity index is 1220. The minimum absolute atomic E-state index is 0.879. The fraction of sp³-hybridized carbons (Fsp3) is 0.0400. The number of methoxy groups -OCH3 is 1. The summed E-state index contributed by atoms with van der Waals surface area (Å²) in [5.74, 6) is 0.879. The third kappa shape index (κ3) is 2.18. The van der Waals surface area contributed by atoms with Crippen molar-refractivity contribution in [2.24, 2.45) is 0 Å². The van der Waals surface area contributed by atoms with E-state index in [1.165, 1.54) is 43.4 Å². The number of ether oxygens (including phenoxy) is 1. The van der Waals surface area contributed by atoms with Crippen molar-refractivity contribution >= 4 is 32.3 Å². The molecule has 0 aliphatic rings. The Balaban J connectivity index is 2.01. The van der Waals surface area contributed by atoms with E-state index in [1.807, 2.05) is 6.07 Å². The molecule has 5 aromatic rings. The maximum Gasteiger partial charge on any atom is 0.119 e. The zero-order chi connectivity index (χ0) is 17.5. The van der Waals surface area contributed by atoms with E-state index in [0.29, 0.717) is 0 Å². The summed E-state index contributed by atoms with van der Waals surface area (Å²) < 4.78 is 5.45. The van der Waals surface area contributed by atoms with Crippen LogP contribution in [0.3, 0.4) is 0 Å². The first-order valence-electron chi connectivity index (χ1n) is 8.83. The molecular weight excluding hydrogens is 316 g/mol. The van der Waals surface area contributed by atoms with Gasteiger partial charge in [-0.1, -0.05) is 78.9 Å². The van der Waals surface area contributed by atoms with E-state index >= 15 is 0 Å². The highest BCUT2D eigenvalue weighted by Crippen LogP contribution is 2.40. The van der Waals surface area contributed by atoms with E-state index in [4.69, 9.17) is 4.74 Å². The molecule has 5 aromatic carbocycles. The van der Waals surface area contributed by atoms with Crippen LogP contribution in [-0.4, -0.2) is 7.11 Å². The van der Waals surface area contributed by atoms with Gasteiger partial charge in [0.05, 0.1) is 7.11 Å². The fourth-order valence-corrected chi connectivity index (χ4v) is 3.99. The van der Waals surface area contributed by atoms with Crippen LogP contribution in [0.1, 0.15) is 0 Å². The fourth-order valence-electron chi connectivity index (χ4n) is 3.99. The lowest BCUT2D eigenvalue weighted by atomic mass is 9.89. The second kappa shape index (κ2) is 5.89. The molecule has 1 heteroatoms. The topological polar surface area (TPSA) is 9.23 Å². The normalized spacial score (nSPS) is 11.3. The van der Waals surface area contributed by atoms with Crippen molar-refractivity contribution in [1.29, 1.82) is 0 Å². The molecular formula is C25H18O. The van der Waals surface area contributed by atoms with E-state index in [0.717, 1.165) is 5.75 Å². The van der Waals surface area contributed by atoms with Crippen LogP contribution in [0, 0.1) is 0 Å². The van der Waals surface area contributed by atoms with Crippen molar-refractivity contribution in [2.45, 2.75) is 0 Å². The number of rotatable bonds is 2. The maximum atomic E-state index is 5.45. The Morgan fingerprint density at radius 3 is 1.73 bits per heavy atom. The molecule has 0 radical (unpaired) electrons. The van der Waals surface area contributed by atoms with Crippen molar-refractivity contribution in [3.63, 3.8) is 0 Å². The molecule has 0 aliphatic heterocycles. The number of benzene rings is 5. The van der Waals surface area contributed by atoms with Crippen molar-refractivity contribution < 1.29 is 4.74 Å². The molecule has 0 spiro atoms. The molecule has 26 heavy (non-hydrogen) atoms. The Hall–Kier alpha value is -3.32. The summed E-state index contributed by atoms with van der Waals surface area (Å²) in [4.78, 5) is 0. The summed E-state index contributed by atoms with van der Waals surface area (Å²) in [6.07, 6.45) is 0. The Morgan fingerprint density at radius 2 is 1.08 bits per heavy atom. The van der Waals surface area contributed by atoms with Crippen LogP contribution in [0.25, 0.3) is 43.4 Å². The van der Waals surface area contributed by atoms with Gasteiger partial charge in [-0.15, -0.1) is 0 Å². The van der Waals surface area contributed by atoms with Crippen LogP contribution < -0.4 is 4.74 Å². The molecule has 0 saturated heterocycles. The second-order valence-electron chi connectivity index (χ2n) is 6.55. The molecule has 5 rings (SSSR count). The first-order chi connectivity index (χ1) is 12.9. The smallest absolute Gasteiger partial charge is 0.119 e. The number of fused-ring (bicyclic) bond motifs is 6. The van der Waals surface area contributed by atoms with Crippen molar-refractivity contribution in [2.75, 3.05) is 7.11 Å². The minimum atomic E-state index is 0.879. The third-order valence-corrected chi connectivity index (χ3v) is 5.15. The Morgan fingerprint density at radius 1 is 0.538 bits per heavy atom. The highest BCUT2D eigenvalue weighted by molar-refractivity contribution is 6.28. The van der Waals surface area contributed by atoms with Gasteiger partial charge >= 0.3 is 0 Å². The summed E-state index contributed by atoms with van der Waals surface area (Å²) >= 11 is 0. The van der Waals surface area contributed by atoms with Gasteiger partial charge in [-0.05, 0) is 55.6 Å². The molecule has 0 fully saturated rings. The molecule has 0 aromatic heterocycles. The molecule has 0 amide bonds. The van der Waals surface area contributed by atoms with Crippen LogP contribution in [0.4, 0.5) is 0 Å². The summed E-state index contributed by atoms with van der Waals surface area (Å²) in [5, 5.41) is 7.78. The van der Waals surface area contributed by atoms with Gasteiger partial charge < -0.3 is 4.74 Å². The lowest BCUT2D eigenvalue weighted by molar-refractivity contribution is 0.415. The summed E-state index contributed by atoms with van der Waals surface area (Å²) in [6.45, 7) is 0. The maximum absolute atomic E-state index is 5.45. The monoisotopic (exact) mass is 334 g/mol. The van der Waals surface area contributed by atoms with E-state index in [2.05, 4.69) is 84.9 Å². The quantitative estimate of drug-likeness (QED) is 0.322. The van der Waals surface area contributed by atoms with Crippen molar-refractivity contribution in [3.05, 3.63) is 91.0 Å². The van der Waals surface area contributed by atoms with Crippen LogP contribution in [0.5, 0.6) is 5.75 Å². The van der Waals surface area contributed by atoms with Crippen LogP contribution in [0.15, 0.2) is 91.0 Å². The highest BCUT2D eigenvalue weighted by atomic mass is 16.5. The molecule has 0 atom stereocenters. The average Bonchev–Trinajstić information content (AvgIpc) is 2.73. The molecule has 0 N–H and O–H groups in total. The van der Waals surface area contributed by atoms with Crippen molar-refractivity contribution in [1.82, 2.24) is 0 Å². The SMILES string of the molecule is COc1cccc(-c2cccc3c4ccccc4c4ccccc4c23)c1. The van der Waals surface area contributed by atoms with E-state index in [1.54, 1.807) is 7.11 Å². The molecule has 0 aliphatic carbocycles. The van der Waals surface area contributed by atoms with Gasteiger partial charge in [-0.25, -0.2) is 0 Å². The predicted molar refractivity (Wildman–Crippen MR) is 111 cm³/mol. The molecule has 1 nitrogen and oxygen atoms in total. The van der Waals surface area contributed by atoms with Gasteiger partial charge in [0.2, 0.25) is 0 Å². The Kier molecular flexibility index (Phi) is 3.39. The molecule has 0 bridgehead atoms. The number of hydrogen-bond acceptors (Lipinski definition) is 1. The summed E-state index contributed by atoms with van der Waals surface area (Å²) in [6, 6.07) is 32.3. The molecule has 0 unspecified atom stereocenters. The first-order valence-corrected chi connectivity index (χ1v) is 8.83. The first kappa shape index (κ1) is 15.0. The highest BCUT2D eigenvalue weighted by Gasteiger charge is 2.12. The van der Waals surface area contributed by atoms with Gasteiger partial charge in [0.15, 0.2) is 0 Å². The largest absolute Gasteiger partial charge is 0.497 e. The summed E-state index contributed by atoms with van der Waals surface area (Å²) in [7, 11) is 1.71. The number of hydrogen-bond donors (Lipinski definition) is 0.